The summed E-state index contributed by atoms with van der Waals surface area (Å²) in [5.41, 5.74) is 2.31. The molecular weight excluding hydrogens is 325 g/mol. The van der Waals surface area contributed by atoms with Crippen LogP contribution in [0.3, 0.4) is 0 Å². The minimum atomic E-state index is -0.284. The van der Waals surface area contributed by atoms with Crippen LogP contribution >= 0.6 is 11.3 Å². The lowest BCUT2D eigenvalue weighted by Gasteiger charge is -2.04. The Morgan fingerprint density at radius 1 is 1.17 bits per heavy atom. The van der Waals surface area contributed by atoms with E-state index in [2.05, 4.69) is 15.3 Å². The van der Waals surface area contributed by atoms with Crippen molar-refractivity contribution in [1.82, 2.24) is 15.3 Å². The van der Waals surface area contributed by atoms with Gasteiger partial charge in [-0.3, -0.25) is 9.78 Å². The van der Waals surface area contributed by atoms with E-state index in [1.54, 1.807) is 30.6 Å². The summed E-state index contributed by atoms with van der Waals surface area (Å²) >= 11 is 1.39. The van der Waals surface area contributed by atoms with E-state index in [9.17, 15) is 9.18 Å². The van der Waals surface area contributed by atoms with Crippen LogP contribution in [0.15, 0.2) is 54.2 Å². The number of thiazole rings is 1. The first-order valence-electron chi connectivity index (χ1n) is 7.57. The van der Waals surface area contributed by atoms with Crippen molar-refractivity contribution in [1.29, 1.82) is 0 Å². The van der Waals surface area contributed by atoms with Crippen LogP contribution in [-0.2, 0) is 17.8 Å². The number of benzene rings is 1. The summed E-state index contributed by atoms with van der Waals surface area (Å²) in [6.45, 7) is 0.485. The molecule has 0 saturated carbocycles. The number of carbonyl (C=O) groups excluding carboxylic acids is 1. The Bertz CT molecular complexity index is 820. The van der Waals surface area contributed by atoms with Crippen LogP contribution in [0.25, 0.3) is 10.6 Å². The van der Waals surface area contributed by atoms with E-state index in [0.29, 0.717) is 30.0 Å². The molecule has 6 heteroatoms. The SMILES string of the molecule is O=C(CCc1csc(-c2ccccc2F)n1)NCc1ccncc1. The summed E-state index contributed by atoms with van der Waals surface area (Å²) in [4.78, 5) is 20.3. The van der Waals surface area contributed by atoms with Crippen LogP contribution in [0.4, 0.5) is 4.39 Å². The van der Waals surface area contributed by atoms with Gasteiger partial charge in [-0.2, -0.15) is 0 Å². The van der Waals surface area contributed by atoms with Gasteiger partial charge in [0.25, 0.3) is 0 Å². The molecule has 1 N–H and O–H groups in total. The van der Waals surface area contributed by atoms with Gasteiger partial charge in [0.05, 0.1) is 5.69 Å². The number of hydrogen-bond donors (Lipinski definition) is 1. The van der Waals surface area contributed by atoms with Crippen LogP contribution in [0.1, 0.15) is 17.7 Å². The minimum Gasteiger partial charge on any atom is -0.352 e. The first kappa shape index (κ1) is 16.3. The van der Waals surface area contributed by atoms with E-state index in [1.165, 1.54) is 17.4 Å². The Morgan fingerprint density at radius 3 is 2.75 bits per heavy atom. The van der Waals surface area contributed by atoms with Gasteiger partial charge in [-0.25, -0.2) is 9.37 Å². The molecule has 0 fully saturated rings. The van der Waals surface area contributed by atoms with Crippen LogP contribution < -0.4 is 5.32 Å². The molecule has 1 amide bonds. The summed E-state index contributed by atoms with van der Waals surface area (Å²) in [6, 6.07) is 10.3. The van der Waals surface area contributed by atoms with E-state index in [-0.39, 0.29) is 11.7 Å². The molecular formula is C18H16FN3OS. The van der Waals surface area contributed by atoms with Crippen LogP contribution in [-0.4, -0.2) is 15.9 Å². The smallest absolute Gasteiger partial charge is 0.220 e. The molecule has 1 aromatic carbocycles. The van der Waals surface area contributed by atoms with E-state index in [4.69, 9.17) is 0 Å². The lowest BCUT2D eigenvalue weighted by Crippen LogP contribution is -2.23. The summed E-state index contributed by atoms with van der Waals surface area (Å²) in [5, 5.41) is 5.38. The van der Waals surface area contributed by atoms with Gasteiger partial charge < -0.3 is 5.32 Å². The monoisotopic (exact) mass is 341 g/mol. The van der Waals surface area contributed by atoms with E-state index in [1.807, 2.05) is 17.5 Å². The van der Waals surface area contributed by atoms with E-state index >= 15 is 0 Å². The molecule has 0 spiro atoms. The number of halogens is 1. The molecule has 0 aliphatic carbocycles. The zero-order chi connectivity index (χ0) is 16.8. The molecule has 2 aromatic heterocycles. The minimum absolute atomic E-state index is 0.0350. The maximum atomic E-state index is 13.8. The topological polar surface area (TPSA) is 54.9 Å². The summed E-state index contributed by atoms with van der Waals surface area (Å²) in [7, 11) is 0. The van der Waals surface area contributed by atoms with Crippen LogP contribution in [0.2, 0.25) is 0 Å². The highest BCUT2D eigenvalue weighted by Gasteiger charge is 2.10. The molecule has 2 heterocycles. The third-order valence-corrected chi connectivity index (χ3v) is 4.43. The number of hydrogen-bond acceptors (Lipinski definition) is 4. The highest BCUT2D eigenvalue weighted by molar-refractivity contribution is 7.13. The van der Waals surface area contributed by atoms with Crippen molar-refractivity contribution in [2.75, 3.05) is 0 Å². The fraction of sp³-hybridized carbons (Fsp3) is 0.167. The highest BCUT2D eigenvalue weighted by Crippen LogP contribution is 2.26. The molecule has 0 unspecified atom stereocenters. The lowest BCUT2D eigenvalue weighted by atomic mass is 10.2. The molecule has 4 nitrogen and oxygen atoms in total. The Morgan fingerprint density at radius 2 is 1.96 bits per heavy atom. The molecule has 24 heavy (non-hydrogen) atoms. The average Bonchev–Trinajstić information content (AvgIpc) is 3.08. The van der Waals surface area contributed by atoms with E-state index in [0.717, 1.165) is 11.3 Å². The Labute approximate surface area is 143 Å². The van der Waals surface area contributed by atoms with Gasteiger partial charge >= 0.3 is 0 Å². The number of nitrogens with one attached hydrogen (secondary N) is 1. The average molecular weight is 341 g/mol. The predicted octanol–water partition coefficient (Wildman–Crippen LogP) is 3.59. The molecule has 0 saturated heterocycles. The normalized spacial score (nSPS) is 10.5. The number of pyridine rings is 1. The molecule has 0 aliphatic rings. The third-order valence-electron chi connectivity index (χ3n) is 3.50. The number of nitrogens with zero attached hydrogens (tertiary/aromatic N) is 2. The molecule has 0 radical (unpaired) electrons. The number of carbonyl (C=O) groups is 1. The second kappa shape index (κ2) is 7.79. The van der Waals surface area contributed by atoms with Crippen molar-refractivity contribution in [3.8, 4) is 10.6 Å². The molecule has 0 aliphatic heterocycles. The number of aryl methyl sites for hydroxylation is 1. The van der Waals surface area contributed by atoms with Crippen LogP contribution in [0, 0.1) is 5.82 Å². The highest BCUT2D eigenvalue weighted by atomic mass is 32.1. The summed E-state index contributed by atoms with van der Waals surface area (Å²) in [6.07, 6.45) is 4.28. The fourth-order valence-corrected chi connectivity index (χ4v) is 3.09. The predicted molar refractivity (Wildman–Crippen MR) is 91.9 cm³/mol. The summed E-state index contributed by atoms with van der Waals surface area (Å²) in [5.74, 6) is -0.319. The summed E-state index contributed by atoms with van der Waals surface area (Å²) < 4.78 is 13.8. The first-order chi connectivity index (χ1) is 11.7. The second-order valence-corrected chi connectivity index (χ2v) is 6.11. The Balaban J connectivity index is 1.52. The van der Waals surface area contributed by atoms with Crippen molar-refractivity contribution in [3.63, 3.8) is 0 Å². The maximum Gasteiger partial charge on any atom is 0.220 e. The fourth-order valence-electron chi connectivity index (χ4n) is 2.21. The standard InChI is InChI=1S/C18H16FN3OS/c19-16-4-2-1-3-15(16)18-22-14(12-24-18)5-6-17(23)21-11-13-7-9-20-10-8-13/h1-4,7-10,12H,5-6,11H2,(H,21,23). The van der Waals surface area contributed by atoms with Crippen molar-refractivity contribution in [2.24, 2.45) is 0 Å². The zero-order valence-electron chi connectivity index (χ0n) is 12.9. The molecule has 0 atom stereocenters. The number of aromatic nitrogens is 2. The van der Waals surface area contributed by atoms with Crippen molar-refractivity contribution in [2.45, 2.75) is 19.4 Å². The number of rotatable bonds is 6. The maximum absolute atomic E-state index is 13.8. The third kappa shape index (κ3) is 4.23. The van der Waals surface area contributed by atoms with Crippen LogP contribution in [0.5, 0.6) is 0 Å². The van der Waals surface area contributed by atoms with Crippen molar-refractivity contribution in [3.05, 3.63) is 71.2 Å². The lowest BCUT2D eigenvalue weighted by molar-refractivity contribution is -0.121. The van der Waals surface area contributed by atoms with Gasteiger partial charge in [-0.1, -0.05) is 12.1 Å². The van der Waals surface area contributed by atoms with Gasteiger partial charge in [-0.15, -0.1) is 11.3 Å². The van der Waals surface area contributed by atoms with Gasteiger partial charge in [0.2, 0.25) is 5.91 Å². The van der Waals surface area contributed by atoms with Crippen molar-refractivity contribution < 1.29 is 9.18 Å². The Hall–Kier alpha value is -2.60. The quantitative estimate of drug-likeness (QED) is 0.745. The van der Waals surface area contributed by atoms with Gasteiger partial charge in [0, 0.05) is 36.3 Å². The Kier molecular flexibility index (Phi) is 5.28. The van der Waals surface area contributed by atoms with Crippen molar-refractivity contribution >= 4 is 17.2 Å². The molecule has 3 aromatic rings. The van der Waals surface area contributed by atoms with Gasteiger partial charge in [0.1, 0.15) is 10.8 Å². The zero-order valence-corrected chi connectivity index (χ0v) is 13.7. The van der Waals surface area contributed by atoms with E-state index < -0.39 is 0 Å². The largest absolute Gasteiger partial charge is 0.352 e. The second-order valence-electron chi connectivity index (χ2n) is 5.26. The number of amides is 1. The van der Waals surface area contributed by atoms with Gasteiger partial charge in [0.15, 0.2) is 0 Å². The first-order valence-corrected chi connectivity index (χ1v) is 8.45. The molecule has 122 valence electrons. The molecule has 3 rings (SSSR count). The van der Waals surface area contributed by atoms with Gasteiger partial charge in [-0.05, 0) is 36.2 Å². The molecule has 0 bridgehead atoms.